The van der Waals surface area contributed by atoms with Gasteiger partial charge in [-0.25, -0.2) is 0 Å². The van der Waals surface area contributed by atoms with Crippen LogP contribution in [0.4, 0.5) is 0 Å². The molecule has 1 amide bonds. The van der Waals surface area contributed by atoms with E-state index in [0.29, 0.717) is 19.6 Å². The maximum atomic E-state index is 12.9. The van der Waals surface area contributed by atoms with Gasteiger partial charge in [-0.3, -0.25) is 9.48 Å². The molecule has 0 aliphatic carbocycles. The molecule has 0 bridgehead atoms. The molecule has 1 N–H and O–H groups in total. The smallest absolute Gasteiger partial charge is 0.229 e. The number of nitrogens with zero attached hydrogens (tertiary/aromatic N) is 3. The molecule has 0 radical (unpaired) electrons. The topological polar surface area (TPSA) is 67.6 Å². The quantitative estimate of drug-likeness (QED) is 0.869. The van der Waals surface area contributed by atoms with E-state index in [4.69, 9.17) is 4.74 Å². The largest absolute Gasteiger partial charge is 0.394 e. The highest BCUT2D eigenvalue weighted by molar-refractivity contribution is 5.80. The van der Waals surface area contributed by atoms with Crippen molar-refractivity contribution < 1.29 is 14.6 Å². The molecule has 2 rings (SSSR count). The van der Waals surface area contributed by atoms with Crippen LogP contribution in [0.15, 0.2) is 12.3 Å². The summed E-state index contributed by atoms with van der Waals surface area (Å²) >= 11 is 0. The van der Waals surface area contributed by atoms with E-state index in [1.165, 1.54) is 0 Å². The fourth-order valence-corrected chi connectivity index (χ4v) is 3.11. The summed E-state index contributed by atoms with van der Waals surface area (Å²) in [7, 11) is 0. The second kappa shape index (κ2) is 7.24. The van der Waals surface area contributed by atoms with Crippen LogP contribution in [-0.4, -0.2) is 51.5 Å². The van der Waals surface area contributed by atoms with Gasteiger partial charge in [-0.15, -0.1) is 0 Å². The van der Waals surface area contributed by atoms with E-state index in [-0.39, 0.29) is 36.6 Å². The zero-order chi connectivity index (χ0) is 16.3. The summed E-state index contributed by atoms with van der Waals surface area (Å²) in [5.41, 5.74) is 0.957. The highest BCUT2D eigenvalue weighted by atomic mass is 16.5. The molecule has 1 fully saturated rings. The Morgan fingerprint density at radius 3 is 2.86 bits per heavy atom. The Bertz CT molecular complexity index is 501. The number of rotatable bonds is 6. The number of aliphatic hydroxyl groups excluding tert-OH is 1. The average molecular weight is 309 g/mol. The molecule has 1 aromatic heterocycles. The van der Waals surface area contributed by atoms with E-state index < -0.39 is 0 Å². The standard InChI is InChI=1S/C16H27N3O3/c1-5-18(12(4)10-20)16(21)13-7-9-22-15(13)14-6-8-17-19(14)11(2)3/h6,8,11-13,15,20H,5,7,9-10H2,1-4H3/t12-,13-,15-/m0/s1. The molecule has 6 heteroatoms. The van der Waals surface area contributed by atoms with Gasteiger partial charge in [0.05, 0.1) is 24.3 Å². The van der Waals surface area contributed by atoms with Crippen LogP contribution in [0.1, 0.15) is 52.0 Å². The minimum absolute atomic E-state index is 0.0260. The molecule has 0 unspecified atom stereocenters. The Morgan fingerprint density at radius 1 is 1.55 bits per heavy atom. The predicted octanol–water partition coefficient (Wildman–Crippen LogP) is 1.77. The molecule has 22 heavy (non-hydrogen) atoms. The molecule has 0 aromatic carbocycles. The van der Waals surface area contributed by atoms with Crippen molar-refractivity contribution in [2.75, 3.05) is 19.8 Å². The van der Waals surface area contributed by atoms with Gasteiger partial charge in [-0.05, 0) is 40.2 Å². The molecule has 124 valence electrons. The Kier molecular flexibility index (Phi) is 5.58. The number of likely N-dealkylation sites (N-methyl/N-ethyl adjacent to an activating group) is 1. The van der Waals surface area contributed by atoms with Gasteiger partial charge >= 0.3 is 0 Å². The van der Waals surface area contributed by atoms with Gasteiger partial charge in [0.1, 0.15) is 6.10 Å². The maximum Gasteiger partial charge on any atom is 0.229 e. The molecular formula is C16H27N3O3. The van der Waals surface area contributed by atoms with Crippen LogP contribution in [0.2, 0.25) is 0 Å². The first-order chi connectivity index (χ1) is 10.5. The van der Waals surface area contributed by atoms with Crippen molar-refractivity contribution in [2.24, 2.45) is 5.92 Å². The second-order valence-corrected chi connectivity index (χ2v) is 6.14. The van der Waals surface area contributed by atoms with Gasteiger partial charge in [-0.2, -0.15) is 5.10 Å². The van der Waals surface area contributed by atoms with Gasteiger partial charge in [0.2, 0.25) is 5.91 Å². The first-order valence-corrected chi connectivity index (χ1v) is 8.07. The Balaban J connectivity index is 2.23. The van der Waals surface area contributed by atoms with Crippen molar-refractivity contribution in [2.45, 2.75) is 52.3 Å². The Labute approximate surface area is 132 Å². The summed E-state index contributed by atoms with van der Waals surface area (Å²) in [5.74, 6) is -0.147. The van der Waals surface area contributed by atoms with Gasteiger partial charge in [-0.1, -0.05) is 0 Å². The van der Waals surface area contributed by atoms with E-state index >= 15 is 0 Å². The van der Waals surface area contributed by atoms with E-state index in [9.17, 15) is 9.90 Å². The third-order valence-electron chi connectivity index (χ3n) is 4.31. The van der Waals surface area contributed by atoms with Crippen LogP contribution in [0.3, 0.4) is 0 Å². The second-order valence-electron chi connectivity index (χ2n) is 6.14. The number of carbonyl (C=O) groups excluding carboxylic acids is 1. The molecule has 6 nitrogen and oxygen atoms in total. The van der Waals surface area contributed by atoms with Crippen LogP contribution >= 0.6 is 0 Å². The molecule has 0 saturated carbocycles. The lowest BCUT2D eigenvalue weighted by molar-refractivity contribution is -0.140. The number of aliphatic hydroxyl groups is 1. The molecule has 1 aliphatic heterocycles. The number of hydrogen-bond donors (Lipinski definition) is 1. The normalized spacial score (nSPS) is 23.0. The van der Waals surface area contributed by atoms with Gasteiger partial charge < -0.3 is 14.7 Å². The Hall–Kier alpha value is -1.40. The molecule has 0 spiro atoms. The van der Waals surface area contributed by atoms with Crippen molar-refractivity contribution in [3.8, 4) is 0 Å². The van der Waals surface area contributed by atoms with E-state index in [1.807, 2.05) is 24.6 Å². The summed E-state index contributed by atoms with van der Waals surface area (Å²) in [6, 6.07) is 1.99. The van der Waals surface area contributed by atoms with Crippen LogP contribution < -0.4 is 0 Å². The minimum atomic E-state index is -0.252. The third kappa shape index (κ3) is 3.17. The van der Waals surface area contributed by atoms with Crippen LogP contribution in [0, 0.1) is 5.92 Å². The highest BCUT2D eigenvalue weighted by Gasteiger charge is 2.40. The SMILES string of the molecule is CCN(C(=O)[C@H]1CCO[C@@H]1c1ccnn1C(C)C)[C@@H](C)CO. The number of hydrogen-bond acceptors (Lipinski definition) is 4. The Morgan fingerprint density at radius 2 is 2.27 bits per heavy atom. The number of ether oxygens (including phenoxy) is 1. The van der Waals surface area contributed by atoms with Crippen molar-refractivity contribution in [1.82, 2.24) is 14.7 Å². The van der Waals surface area contributed by atoms with Crippen molar-refractivity contribution in [1.29, 1.82) is 0 Å². The summed E-state index contributed by atoms with van der Waals surface area (Å²) in [5, 5.41) is 13.7. The van der Waals surface area contributed by atoms with Gasteiger partial charge in [0.25, 0.3) is 0 Å². The van der Waals surface area contributed by atoms with Gasteiger partial charge in [0, 0.05) is 25.4 Å². The van der Waals surface area contributed by atoms with Crippen molar-refractivity contribution in [3.63, 3.8) is 0 Å². The van der Waals surface area contributed by atoms with Crippen LogP contribution in [-0.2, 0) is 9.53 Å². The van der Waals surface area contributed by atoms with Crippen LogP contribution in [0.25, 0.3) is 0 Å². The lowest BCUT2D eigenvalue weighted by Gasteiger charge is -2.31. The lowest BCUT2D eigenvalue weighted by atomic mass is 9.96. The minimum Gasteiger partial charge on any atom is -0.394 e. The number of carbonyl (C=O) groups is 1. The monoisotopic (exact) mass is 309 g/mol. The first kappa shape index (κ1) is 17.0. The van der Waals surface area contributed by atoms with Crippen molar-refractivity contribution >= 4 is 5.91 Å². The molecule has 2 heterocycles. The summed E-state index contributed by atoms with van der Waals surface area (Å²) in [6.07, 6.45) is 2.21. The predicted molar refractivity (Wildman–Crippen MR) is 83.3 cm³/mol. The molecule has 3 atom stereocenters. The van der Waals surface area contributed by atoms with E-state index in [2.05, 4.69) is 18.9 Å². The van der Waals surface area contributed by atoms with Crippen molar-refractivity contribution in [3.05, 3.63) is 18.0 Å². The molecular weight excluding hydrogens is 282 g/mol. The third-order valence-corrected chi connectivity index (χ3v) is 4.31. The zero-order valence-corrected chi connectivity index (χ0v) is 13.9. The van der Waals surface area contributed by atoms with Crippen LogP contribution in [0.5, 0.6) is 0 Å². The fraction of sp³-hybridized carbons (Fsp3) is 0.750. The lowest BCUT2D eigenvalue weighted by Crippen LogP contribution is -2.44. The average Bonchev–Trinajstić information content (AvgIpc) is 3.15. The van der Waals surface area contributed by atoms with E-state index in [1.54, 1.807) is 11.1 Å². The fourth-order valence-electron chi connectivity index (χ4n) is 3.11. The summed E-state index contributed by atoms with van der Waals surface area (Å²) < 4.78 is 7.78. The maximum absolute atomic E-state index is 12.9. The molecule has 1 saturated heterocycles. The zero-order valence-electron chi connectivity index (χ0n) is 13.9. The summed E-state index contributed by atoms with van der Waals surface area (Å²) in [6.45, 7) is 9.07. The summed E-state index contributed by atoms with van der Waals surface area (Å²) in [4.78, 5) is 14.6. The van der Waals surface area contributed by atoms with Gasteiger partial charge in [0.15, 0.2) is 0 Å². The molecule has 1 aromatic rings. The first-order valence-electron chi connectivity index (χ1n) is 8.07. The number of amides is 1. The highest BCUT2D eigenvalue weighted by Crippen LogP contribution is 2.36. The number of aromatic nitrogens is 2. The molecule has 1 aliphatic rings. The van der Waals surface area contributed by atoms with E-state index in [0.717, 1.165) is 5.69 Å².